The lowest BCUT2D eigenvalue weighted by Crippen LogP contribution is -2.27. The van der Waals surface area contributed by atoms with Gasteiger partial charge in [-0.1, -0.05) is 81.3 Å². The molecule has 5 nitrogen and oxygen atoms in total. The number of aliphatic carboxylic acids is 1. The van der Waals surface area contributed by atoms with Crippen LogP contribution in [0.3, 0.4) is 0 Å². The molecular formula is C38H33N3O2S3. The van der Waals surface area contributed by atoms with Crippen LogP contribution in [0, 0.1) is 17.2 Å². The van der Waals surface area contributed by atoms with Crippen molar-refractivity contribution in [3.8, 4) is 22.2 Å². The largest absolute Gasteiger partial charge is 0.477 e. The van der Waals surface area contributed by atoms with E-state index in [4.69, 9.17) is 0 Å². The molecule has 1 N–H and O–H groups in total. The topological polar surface area (TPSA) is 69.3 Å². The van der Waals surface area contributed by atoms with Gasteiger partial charge in [0.1, 0.15) is 11.6 Å². The SMILES string of the molecule is CCCCC(CC)CN1c2ccccc2Sc2cc(-c3cc4c(s3)c3sc(C=C(C#N)C(=O)O)cc3n4-c3ccccc3)ccc21. The first kappa shape index (κ1) is 30.4. The number of thiophene rings is 2. The van der Waals surface area contributed by atoms with Crippen LogP contribution in [-0.2, 0) is 4.79 Å². The van der Waals surface area contributed by atoms with Crippen LogP contribution in [0.15, 0.2) is 100 Å². The Morgan fingerprint density at radius 1 is 0.913 bits per heavy atom. The van der Waals surface area contributed by atoms with Crippen LogP contribution in [0.1, 0.15) is 44.4 Å². The Balaban J connectivity index is 1.33. The summed E-state index contributed by atoms with van der Waals surface area (Å²) < 4.78 is 4.50. The molecule has 0 amide bonds. The molecule has 46 heavy (non-hydrogen) atoms. The molecule has 0 saturated carbocycles. The molecular weight excluding hydrogens is 627 g/mol. The fourth-order valence-corrected chi connectivity index (χ4v) is 9.79. The van der Waals surface area contributed by atoms with Crippen molar-refractivity contribution in [3.63, 3.8) is 0 Å². The number of hydrogen-bond donors (Lipinski definition) is 1. The van der Waals surface area contributed by atoms with E-state index in [1.165, 1.54) is 74.7 Å². The van der Waals surface area contributed by atoms with Gasteiger partial charge in [-0.2, -0.15) is 5.26 Å². The first-order valence-electron chi connectivity index (χ1n) is 15.7. The molecule has 0 spiro atoms. The monoisotopic (exact) mass is 659 g/mol. The molecule has 1 atom stereocenters. The van der Waals surface area contributed by atoms with Gasteiger partial charge in [0.15, 0.2) is 0 Å². The van der Waals surface area contributed by atoms with Crippen molar-refractivity contribution >= 4 is 78.3 Å². The van der Waals surface area contributed by atoms with E-state index in [0.29, 0.717) is 5.92 Å². The van der Waals surface area contributed by atoms with Crippen LogP contribution < -0.4 is 4.90 Å². The van der Waals surface area contributed by atoms with Crippen molar-refractivity contribution in [2.75, 3.05) is 11.4 Å². The van der Waals surface area contributed by atoms with E-state index < -0.39 is 5.97 Å². The molecule has 8 heteroatoms. The Hall–Kier alpha value is -4.29. The fourth-order valence-electron chi connectivity index (χ4n) is 6.28. The average Bonchev–Trinajstić information content (AvgIpc) is 3.76. The normalized spacial score (nSPS) is 13.5. The Morgan fingerprint density at radius 2 is 1.65 bits per heavy atom. The first-order valence-corrected chi connectivity index (χ1v) is 18.1. The molecule has 1 unspecified atom stereocenters. The van der Waals surface area contributed by atoms with Gasteiger partial charge < -0.3 is 14.6 Å². The second kappa shape index (κ2) is 12.8. The number of para-hydroxylation sites is 2. The van der Waals surface area contributed by atoms with Gasteiger partial charge in [0.2, 0.25) is 0 Å². The smallest absolute Gasteiger partial charge is 0.346 e. The molecule has 7 rings (SSSR count). The molecule has 1 aliphatic heterocycles. The number of carboxylic acid groups (broad SMARTS) is 1. The summed E-state index contributed by atoms with van der Waals surface area (Å²) in [6.45, 7) is 5.61. The number of unbranched alkanes of at least 4 members (excludes halogenated alkanes) is 1. The molecule has 6 aromatic rings. The molecule has 0 fully saturated rings. The maximum atomic E-state index is 11.6. The van der Waals surface area contributed by atoms with Crippen LogP contribution in [0.25, 0.3) is 42.6 Å². The third kappa shape index (κ3) is 5.53. The average molecular weight is 660 g/mol. The lowest BCUT2D eigenvalue weighted by atomic mass is 9.98. The van der Waals surface area contributed by atoms with Gasteiger partial charge in [0, 0.05) is 31.8 Å². The summed E-state index contributed by atoms with van der Waals surface area (Å²) in [5, 5.41) is 18.8. The van der Waals surface area contributed by atoms with E-state index in [-0.39, 0.29) is 5.57 Å². The summed E-state index contributed by atoms with van der Waals surface area (Å²) in [6.07, 6.45) is 6.39. The highest BCUT2D eigenvalue weighted by molar-refractivity contribution is 7.99. The molecule has 0 bridgehead atoms. The summed E-state index contributed by atoms with van der Waals surface area (Å²) >= 11 is 5.14. The molecule has 0 radical (unpaired) electrons. The third-order valence-electron chi connectivity index (χ3n) is 8.68. The third-order valence-corrected chi connectivity index (χ3v) is 12.2. The zero-order chi connectivity index (χ0) is 31.8. The molecule has 1 aliphatic rings. The number of nitrogens with zero attached hydrogens (tertiary/aromatic N) is 3. The highest BCUT2D eigenvalue weighted by atomic mass is 32.2. The van der Waals surface area contributed by atoms with Crippen LogP contribution in [0.5, 0.6) is 0 Å². The number of carbonyl (C=O) groups is 1. The summed E-state index contributed by atoms with van der Waals surface area (Å²) in [7, 11) is 0. The number of nitriles is 1. The predicted octanol–water partition coefficient (Wildman–Crippen LogP) is 11.4. The van der Waals surface area contributed by atoms with Gasteiger partial charge in [-0.05, 0) is 72.5 Å². The van der Waals surface area contributed by atoms with Gasteiger partial charge in [-0.3, -0.25) is 0 Å². The highest BCUT2D eigenvalue weighted by Gasteiger charge is 2.26. The van der Waals surface area contributed by atoms with Crippen LogP contribution in [0.2, 0.25) is 0 Å². The number of carboxylic acids is 1. The Kier molecular flexibility index (Phi) is 8.48. The Morgan fingerprint density at radius 3 is 2.41 bits per heavy atom. The van der Waals surface area contributed by atoms with Crippen molar-refractivity contribution in [1.29, 1.82) is 5.26 Å². The van der Waals surface area contributed by atoms with Crippen molar-refractivity contribution in [2.45, 2.75) is 49.3 Å². The van der Waals surface area contributed by atoms with E-state index >= 15 is 0 Å². The quantitative estimate of drug-likeness (QED) is 0.117. The minimum absolute atomic E-state index is 0.268. The Labute approximate surface area is 281 Å². The second-order valence-electron chi connectivity index (χ2n) is 11.6. The van der Waals surface area contributed by atoms with Crippen LogP contribution in [0.4, 0.5) is 11.4 Å². The molecule has 3 aromatic carbocycles. The number of aromatic nitrogens is 1. The van der Waals surface area contributed by atoms with Crippen LogP contribution >= 0.6 is 34.4 Å². The fraction of sp³-hybridized carbons (Fsp3) is 0.211. The summed E-state index contributed by atoms with van der Waals surface area (Å²) in [4.78, 5) is 18.6. The lowest BCUT2D eigenvalue weighted by molar-refractivity contribution is -0.132. The van der Waals surface area contributed by atoms with Crippen molar-refractivity contribution in [2.24, 2.45) is 5.92 Å². The number of fused-ring (bicyclic) bond motifs is 5. The van der Waals surface area contributed by atoms with E-state index in [0.717, 1.165) is 37.5 Å². The van der Waals surface area contributed by atoms with E-state index in [1.807, 2.05) is 42.1 Å². The predicted molar refractivity (Wildman–Crippen MR) is 194 cm³/mol. The first-order chi connectivity index (χ1) is 22.5. The maximum absolute atomic E-state index is 11.6. The number of rotatable bonds is 10. The Bertz CT molecular complexity index is 2150. The standard InChI is InChI=1S/C38H33N3O2S3/c1-3-5-11-24(4-2)23-40-29-14-9-10-15-33(29)45-35-19-25(16-17-30(35)40)34-21-32-37(46-34)36-31(41(32)27-12-7-6-8-13-27)20-28(44-36)18-26(22-39)38(42)43/h6-10,12-21,24H,3-5,11,23H2,1-2H3,(H,42,43). The van der Waals surface area contributed by atoms with Gasteiger partial charge >= 0.3 is 5.97 Å². The van der Waals surface area contributed by atoms with E-state index in [2.05, 4.69) is 84.0 Å². The summed E-state index contributed by atoms with van der Waals surface area (Å²) in [5.41, 5.74) is 6.68. The lowest BCUT2D eigenvalue weighted by Gasteiger charge is -2.35. The van der Waals surface area contributed by atoms with Crippen molar-refractivity contribution in [3.05, 3.63) is 95.4 Å². The van der Waals surface area contributed by atoms with E-state index in [1.54, 1.807) is 11.3 Å². The molecule has 0 saturated heterocycles. The molecule has 4 heterocycles. The van der Waals surface area contributed by atoms with Gasteiger partial charge in [0.25, 0.3) is 0 Å². The molecule has 3 aromatic heterocycles. The van der Waals surface area contributed by atoms with Crippen molar-refractivity contribution in [1.82, 2.24) is 4.57 Å². The number of hydrogen-bond acceptors (Lipinski definition) is 6. The molecule has 0 aliphatic carbocycles. The minimum Gasteiger partial charge on any atom is -0.477 e. The molecule has 230 valence electrons. The second-order valence-corrected chi connectivity index (χ2v) is 14.8. The van der Waals surface area contributed by atoms with Gasteiger partial charge in [0.05, 0.1) is 31.8 Å². The van der Waals surface area contributed by atoms with Crippen LogP contribution in [-0.4, -0.2) is 22.2 Å². The number of benzene rings is 3. The van der Waals surface area contributed by atoms with Crippen molar-refractivity contribution < 1.29 is 9.90 Å². The summed E-state index contributed by atoms with van der Waals surface area (Å²) in [6, 6.07) is 32.0. The zero-order valence-corrected chi connectivity index (χ0v) is 28.1. The van der Waals surface area contributed by atoms with E-state index in [9.17, 15) is 15.2 Å². The summed E-state index contributed by atoms with van der Waals surface area (Å²) in [5.74, 6) is -0.569. The zero-order valence-electron chi connectivity index (χ0n) is 25.7. The maximum Gasteiger partial charge on any atom is 0.346 e. The number of anilines is 2. The minimum atomic E-state index is -1.22. The van der Waals surface area contributed by atoms with Gasteiger partial charge in [-0.15, -0.1) is 22.7 Å². The highest BCUT2D eigenvalue weighted by Crippen LogP contribution is 2.51. The van der Waals surface area contributed by atoms with Gasteiger partial charge in [-0.25, -0.2) is 4.79 Å².